The molecule has 1 aromatic carbocycles. The van der Waals surface area contributed by atoms with E-state index in [1.54, 1.807) is 0 Å². The number of hydrogen-bond acceptors (Lipinski definition) is 3. The van der Waals surface area contributed by atoms with Crippen LogP contribution in [0.5, 0.6) is 5.75 Å². The molecule has 0 radical (unpaired) electrons. The molecule has 18 heavy (non-hydrogen) atoms. The van der Waals surface area contributed by atoms with E-state index in [2.05, 4.69) is 4.74 Å². The van der Waals surface area contributed by atoms with Crippen LogP contribution in [0, 0.1) is 13.8 Å². The molecule has 0 spiro atoms. The van der Waals surface area contributed by atoms with E-state index in [4.69, 9.17) is 10.7 Å². The summed E-state index contributed by atoms with van der Waals surface area (Å²) in [7, 11) is 1.29. The lowest BCUT2D eigenvalue weighted by atomic mass is 10.1. The first kappa shape index (κ1) is 15.1. The molecule has 0 aliphatic heterocycles. The number of benzene rings is 1. The number of aryl methyl sites for hydroxylation is 2. The molecule has 0 atom stereocenters. The average Bonchev–Trinajstić information content (AvgIpc) is 2.10. The predicted molar refractivity (Wildman–Crippen MR) is 60.5 cm³/mol. The van der Waals surface area contributed by atoms with Crippen molar-refractivity contribution < 1.29 is 26.3 Å². The molecule has 1 rings (SSSR count). The van der Waals surface area contributed by atoms with E-state index in [0.29, 0.717) is 0 Å². The van der Waals surface area contributed by atoms with Gasteiger partial charge < -0.3 is 4.74 Å². The zero-order valence-corrected chi connectivity index (χ0v) is 11.1. The van der Waals surface area contributed by atoms with Crippen molar-refractivity contribution in [3.63, 3.8) is 0 Å². The molecule has 3 nitrogen and oxygen atoms in total. The summed E-state index contributed by atoms with van der Waals surface area (Å²) in [5, 5.41) is 0. The highest BCUT2D eigenvalue weighted by atomic mass is 35.7. The van der Waals surface area contributed by atoms with Crippen molar-refractivity contribution in [2.45, 2.75) is 24.9 Å². The molecule has 1 aromatic rings. The Kier molecular flexibility index (Phi) is 4.17. The number of hydrogen-bond donors (Lipinski definition) is 0. The standard InChI is InChI=1S/C10H10ClF3O3S/c1-6-3-8(17-5-10(12,13)14)4-7(2)9(6)18(11,15)16/h3-4H,5H2,1-2H3. The topological polar surface area (TPSA) is 43.4 Å². The van der Waals surface area contributed by atoms with Gasteiger partial charge in [-0.15, -0.1) is 0 Å². The van der Waals surface area contributed by atoms with Crippen molar-refractivity contribution in [2.24, 2.45) is 0 Å². The van der Waals surface area contributed by atoms with Crippen LogP contribution in [0.3, 0.4) is 0 Å². The molecule has 0 amide bonds. The summed E-state index contributed by atoms with van der Waals surface area (Å²) in [4.78, 5) is -0.108. The number of halogens is 4. The van der Waals surface area contributed by atoms with E-state index in [9.17, 15) is 21.6 Å². The fraction of sp³-hybridized carbons (Fsp3) is 0.400. The monoisotopic (exact) mass is 302 g/mol. The number of rotatable bonds is 3. The second-order valence-electron chi connectivity index (χ2n) is 3.73. The van der Waals surface area contributed by atoms with Crippen LogP contribution in [0.25, 0.3) is 0 Å². The Morgan fingerprint density at radius 3 is 2.00 bits per heavy atom. The molecule has 0 bridgehead atoms. The SMILES string of the molecule is Cc1cc(OCC(F)(F)F)cc(C)c1S(=O)(=O)Cl. The van der Waals surface area contributed by atoms with E-state index in [1.807, 2.05) is 0 Å². The van der Waals surface area contributed by atoms with Crippen LogP contribution in [-0.4, -0.2) is 21.2 Å². The second kappa shape index (κ2) is 4.97. The minimum atomic E-state index is -4.45. The Morgan fingerprint density at radius 1 is 1.22 bits per heavy atom. The van der Waals surface area contributed by atoms with Crippen molar-refractivity contribution >= 4 is 19.7 Å². The number of alkyl halides is 3. The van der Waals surface area contributed by atoms with E-state index < -0.39 is 21.8 Å². The molecule has 0 heterocycles. The lowest BCUT2D eigenvalue weighted by Crippen LogP contribution is -2.19. The molecule has 0 N–H and O–H groups in total. The molecule has 0 unspecified atom stereocenters. The van der Waals surface area contributed by atoms with Gasteiger partial charge in [0.05, 0.1) is 4.90 Å². The first-order valence-electron chi connectivity index (χ1n) is 4.76. The van der Waals surface area contributed by atoms with Crippen molar-refractivity contribution in [2.75, 3.05) is 6.61 Å². The van der Waals surface area contributed by atoms with Crippen LogP contribution in [0.2, 0.25) is 0 Å². The Morgan fingerprint density at radius 2 is 1.67 bits per heavy atom. The van der Waals surface area contributed by atoms with E-state index in [1.165, 1.54) is 26.0 Å². The highest BCUT2D eigenvalue weighted by molar-refractivity contribution is 8.13. The van der Waals surface area contributed by atoms with Crippen molar-refractivity contribution in [1.29, 1.82) is 0 Å². The molecule has 8 heteroatoms. The van der Waals surface area contributed by atoms with Gasteiger partial charge in [0.2, 0.25) is 0 Å². The molecule has 0 saturated heterocycles. The molecular formula is C10H10ClF3O3S. The first-order chi connectivity index (χ1) is 8.00. The van der Waals surface area contributed by atoms with Gasteiger partial charge in [0.1, 0.15) is 5.75 Å². The van der Waals surface area contributed by atoms with Crippen molar-refractivity contribution in [3.05, 3.63) is 23.3 Å². The molecule has 0 aliphatic rings. The maximum absolute atomic E-state index is 12.0. The zero-order chi connectivity index (χ0) is 14.1. The van der Waals surface area contributed by atoms with Crippen LogP contribution >= 0.6 is 10.7 Å². The lowest BCUT2D eigenvalue weighted by molar-refractivity contribution is -0.153. The van der Waals surface area contributed by atoms with Crippen molar-refractivity contribution in [1.82, 2.24) is 0 Å². The molecule has 0 aliphatic carbocycles. The largest absolute Gasteiger partial charge is 0.484 e. The Hall–Kier alpha value is -0.950. The summed E-state index contributed by atoms with van der Waals surface area (Å²) in [5.74, 6) is -0.0496. The van der Waals surface area contributed by atoms with Gasteiger partial charge in [0, 0.05) is 10.7 Å². The van der Waals surface area contributed by atoms with Gasteiger partial charge in [-0.1, -0.05) is 0 Å². The highest BCUT2D eigenvalue weighted by Gasteiger charge is 2.28. The minimum absolute atomic E-state index is 0.0496. The first-order valence-corrected chi connectivity index (χ1v) is 7.07. The van der Waals surface area contributed by atoms with Crippen LogP contribution in [0.1, 0.15) is 11.1 Å². The van der Waals surface area contributed by atoms with Gasteiger partial charge >= 0.3 is 6.18 Å². The van der Waals surface area contributed by atoms with Crippen LogP contribution in [0.4, 0.5) is 13.2 Å². The summed E-state index contributed by atoms with van der Waals surface area (Å²) in [6.07, 6.45) is -4.45. The molecule has 0 aromatic heterocycles. The predicted octanol–water partition coefficient (Wildman–Crippen LogP) is 3.17. The maximum atomic E-state index is 12.0. The van der Waals surface area contributed by atoms with Gasteiger partial charge in [-0.25, -0.2) is 8.42 Å². The minimum Gasteiger partial charge on any atom is -0.484 e. The summed E-state index contributed by atoms with van der Waals surface area (Å²) in [6.45, 7) is 1.43. The van der Waals surface area contributed by atoms with Crippen LogP contribution in [-0.2, 0) is 9.05 Å². The zero-order valence-electron chi connectivity index (χ0n) is 9.51. The van der Waals surface area contributed by atoms with E-state index in [-0.39, 0.29) is 21.8 Å². The van der Waals surface area contributed by atoms with Crippen LogP contribution in [0.15, 0.2) is 17.0 Å². The Labute approximate surface area is 107 Å². The molecular weight excluding hydrogens is 293 g/mol. The van der Waals surface area contributed by atoms with E-state index >= 15 is 0 Å². The van der Waals surface area contributed by atoms with Gasteiger partial charge in [-0.05, 0) is 37.1 Å². The smallest absolute Gasteiger partial charge is 0.422 e. The quantitative estimate of drug-likeness (QED) is 0.806. The van der Waals surface area contributed by atoms with Crippen LogP contribution < -0.4 is 4.74 Å². The highest BCUT2D eigenvalue weighted by Crippen LogP contribution is 2.29. The maximum Gasteiger partial charge on any atom is 0.422 e. The third-order valence-corrected chi connectivity index (χ3v) is 3.67. The van der Waals surface area contributed by atoms with E-state index in [0.717, 1.165) is 0 Å². The summed E-state index contributed by atoms with van der Waals surface area (Å²) < 4.78 is 62.9. The van der Waals surface area contributed by atoms with Gasteiger partial charge in [0.25, 0.3) is 9.05 Å². The Balaban J connectivity index is 3.08. The fourth-order valence-electron chi connectivity index (χ4n) is 1.54. The Bertz CT molecular complexity index is 529. The third kappa shape index (κ3) is 4.06. The number of ether oxygens (including phenoxy) is 1. The second-order valence-corrected chi connectivity index (χ2v) is 6.23. The average molecular weight is 303 g/mol. The van der Waals surface area contributed by atoms with Crippen molar-refractivity contribution in [3.8, 4) is 5.75 Å². The molecule has 0 fully saturated rings. The van der Waals surface area contributed by atoms with Gasteiger partial charge in [0.15, 0.2) is 6.61 Å². The molecule has 102 valence electrons. The fourth-order valence-corrected chi connectivity index (χ4v) is 3.16. The van der Waals surface area contributed by atoms with Gasteiger partial charge in [-0.2, -0.15) is 13.2 Å². The molecule has 0 saturated carbocycles. The lowest BCUT2D eigenvalue weighted by Gasteiger charge is -2.12. The van der Waals surface area contributed by atoms with Gasteiger partial charge in [-0.3, -0.25) is 0 Å². The summed E-state index contributed by atoms with van der Waals surface area (Å²) >= 11 is 0. The summed E-state index contributed by atoms with van der Waals surface area (Å²) in [6, 6.07) is 2.40. The normalized spacial score (nSPS) is 12.6. The summed E-state index contributed by atoms with van der Waals surface area (Å²) in [5.41, 5.74) is 0.476. The third-order valence-electron chi connectivity index (χ3n) is 2.08.